The molecular formula is C9H15NS. The molecule has 0 unspecified atom stereocenters. The lowest BCUT2D eigenvalue weighted by molar-refractivity contribution is 0.303. The fraction of sp³-hybridized carbons (Fsp3) is 0.778. The highest BCUT2D eigenvalue weighted by molar-refractivity contribution is 7.99. The number of terminal acetylenes is 1. The summed E-state index contributed by atoms with van der Waals surface area (Å²) in [6.07, 6.45) is 7.44. The van der Waals surface area contributed by atoms with Crippen molar-refractivity contribution in [3.63, 3.8) is 0 Å². The summed E-state index contributed by atoms with van der Waals surface area (Å²) in [4.78, 5) is 2.47. The van der Waals surface area contributed by atoms with Gasteiger partial charge in [-0.25, -0.2) is 0 Å². The molecule has 0 aromatic heterocycles. The molecule has 0 aromatic carbocycles. The number of hydrogen-bond donors (Lipinski definition) is 0. The van der Waals surface area contributed by atoms with Gasteiger partial charge in [0.1, 0.15) is 0 Å². The first kappa shape index (κ1) is 8.96. The minimum Gasteiger partial charge on any atom is -0.302 e. The van der Waals surface area contributed by atoms with Gasteiger partial charge in [0.2, 0.25) is 0 Å². The van der Waals surface area contributed by atoms with Crippen molar-refractivity contribution in [2.75, 3.05) is 31.1 Å². The van der Waals surface area contributed by atoms with E-state index in [0.29, 0.717) is 0 Å². The van der Waals surface area contributed by atoms with Gasteiger partial charge < -0.3 is 4.90 Å². The minimum atomic E-state index is 0.907. The van der Waals surface area contributed by atoms with Crippen LogP contribution in [0.15, 0.2) is 0 Å². The summed E-state index contributed by atoms with van der Waals surface area (Å²) < 4.78 is 0. The maximum absolute atomic E-state index is 5.20. The van der Waals surface area contributed by atoms with Crippen molar-refractivity contribution in [3.05, 3.63) is 0 Å². The van der Waals surface area contributed by atoms with Crippen LogP contribution in [0.4, 0.5) is 0 Å². The van der Waals surface area contributed by atoms with E-state index in [0.717, 1.165) is 13.0 Å². The first-order chi connectivity index (χ1) is 5.43. The minimum absolute atomic E-state index is 0.907. The second-order valence-corrected chi connectivity index (χ2v) is 3.99. The Morgan fingerprint density at radius 3 is 3.09 bits per heavy atom. The van der Waals surface area contributed by atoms with Gasteiger partial charge in [-0.3, -0.25) is 0 Å². The predicted octanol–water partition coefficient (Wildman–Crippen LogP) is 1.45. The summed E-state index contributed by atoms with van der Waals surface area (Å²) in [5.41, 5.74) is 0. The van der Waals surface area contributed by atoms with E-state index in [1.807, 2.05) is 0 Å². The number of nitrogens with zero attached hydrogens (tertiary/aromatic N) is 1. The quantitative estimate of drug-likeness (QED) is 0.576. The molecule has 0 aromatic rings. The largest absolute Gasteiger partial charge is 0.302 e. The van der Waals surface area contributed by atoms with Gasteiger partial charge in [0.15, 0.2) is 0 Å². The Labute approximate surface area is 73.5 Å². The van der Waals surface area contributed by atoms with Crippen molar-refractivity contribution in [3.8, 4) is 12.3 Å². The second kappa shape index (κ2) is 5.51. The Morgan fingerprint density at radius 2 is 2.27 bits per heavy atom. The molecule has 1 nitrogen and oxygen atoms in total. The van der Waals surface area contributed by atoms with Crippen molar-refractivity contribution in [2.24, 2.45) is 0 Å². The van der Waals surface area contributed by atoms with Crippen LogP contribution in [0.3, 0.4) is 0 Å². The van der Waals surface area contributed by atoms with Crippen LogP contribution in [0, 0.1) is 12.3 Å². The van der Waals surface area contributed by atoms with E-state index >= 15 is 0 Å². The van der Waals surface area contributed by atoms with Crippen molar-refractivity contribution < 1.29 is 0 Å². The molecule has 0 bridgehead atoms. The monoisotopic (exact) mass is 169 g/mol. The Morgan fingerprint density at radius 1 is 1.36 bits per heavy atom. The van der Waals surface area contributed by atoms with Crippen LogP contribution in [0.25, 0.3) is 0 Å². The van der Waals surface area contributed by atoms with Gasteiger partial charge in [-0.05, 0) is 18.7 Å². The Balaban J connectivity index is 2.15. The van der Waals surface area contributed by atoms with Crippen LogP contribution in [0.2, 0.25) is 0 Å². The third kappa shape index (κ3) is 3.69. The highest BCUT2D eigenvalue weighted by Gasteiger charge is 2.06. The highest BCUT2D eigenvalue weighted by atomic mass is 32.2. The third-order valence-electron chi connectivity index (χ3n) is 1.89. The molecular weight excluding hydrogens is 154 g/mol. The highest BCUT2D eigenvalue weighted by Crippen LogP contribution is 2.09. The summed E-state index contributed by atoms with van der Waals surface area (Å²) >= 11 is 2.06. The maximum atomic E-state index is 5.20. The average molecular weight is 169 g/mol. The zero-order valence-electron chi connectivity index (χ0n) is 6.88. The fourth-order valence-corrected chi connectivity index (χ4v) is 2.17. The van der Waals surface area contributed by atoms with Crippen LogP contribution in [-0.4, -0.2) is 36.0 Å². The molecule has 0 atom stereocenters. The lowest BCUT2D eigenvalue weighted by Crippen LogP contribution is -2.26. The molecule has 11 heavy (non-hydrogen) atoms. The van der Waals surface area contributed by atoms with E-state index in [1.54, 1.807) is 0 Å². The number of thioether (sulfide) groups is 1. The SMILES string of the molecule is C#CCCN1CCCSCC1. The van der Waals surface area contributed by atoms with E-state index in [2.05, 4.69) is 22.6 Å². The Hall–Kier alpha value is -0.130. The van der Waals surface area contributed by atoms with Crippen LogP contribution >= 0.6 is 11.8 Å². The molecule has 0 aliphatic carbocycles. The van der Waals surface area contributed by atoms with Crippen molar-refractivity contribution in [2.45, 2.75) is 12.8 Å². The first-order valence-electron chi connectivity index (χ1n) is 4.17. The lowest BCUT2D eigenvalue weighted by atomic mass is 10.3. The van der Waals surface area contributed by atoms with Crippen molar-refractivity contribution in [1.82, 2.24) is 4.90 Å². The van der Waals surface area contributed by atoms with Gasteiger partial charge in [0.05, 0.1) is 0 Å². The lowest BCUT2D eigenvalue weighted by Gasteiger charge is -2.17. The van der Waals surface area contributed by atoms with Gasteiger partial charge in [0, 0.05) is 25.3 Å². The topological polar surface area (TPSA) is 3.24 Å². The van der Waals surface area contributed by atoms with Gasteiger partial charge in [-0.15, -0.1) is 12.3 Å². The molecule has 0 spiro atoms. The molecule has 62 valence electrons. The van der Waals surface area contributed by atoms with E-state index < -0.39 is 0 Å². The first-order valence-corrected chi connectivity index (χ1v) is 5.32. The van der Waals surface area contributed by atoms with Gasteiger partial charge in [-0.2, -0.15) is 11.8 Å². The van der Waals surface area contributed by atoms with E-state index in [-0.39, 0.29) is 0 Å². The van der Waals surface area contributed by atoms with E-state index in [1.165, 1.54) is 31.0 Å². The summed E-state index contributed by atoms with van der Waals surface area (Å²) in [6.45, 7) is 3.57. The molecule has 1 saturated heterocycles. The number of rotatable bonds is 2. The van der Waals surface area contributed by atoms with Gasteiger partial charge in [-0.1, -0.05) is 0 Å². The zero-order chi connectivity index (χ0) is 7.94. The molecule has 1 aliphatic heterocycles. The second-order valence-electron chi connectivity index (χ2n) is 2.76. The molecule has 1 rings (SSSR count). The molecule has 0 amide bonds. The molecule has 0 N–H and O–H groups in total. The van der Waals surface area contributed by atoms with Gasteiger partial charge in [0.25, 0.3) is 0 Å². The fourth-order valence-electron chi connectivity index (χ4n) is 1.24. The molecule has 1 fully saturated rings. The Kier molecular flexibility index (Phi) is 4.49. The van der Waals surface area contributed by atoms with Crippen LogP contribution in [0.1, 0.15) is 12.8 Å². The standard InChI is InChI=1S/C9H15NS/c1-2-3-5-10-6-4-8-11-9-7-10/h1H,3-9H2. The molecule has 0 saturated carbocycles. The van der Waals surface area contributed by atoms with Crippen LogP contribution in [0.5, 0.6) is 0 Å². The summed E-state index contributed by atoms with van der Waals surface area (Å²) in [5, 5.41) is 0. The third-order valence-corrected chi connectivity index (χ3v) is 2.94. The normalized spacial score (nSPS) is 20.6. The smallest absolute Gasteiger partial charge is 0.0214 e. The molecule has 0 radical (unpaired) electrons. The summed E-state index contributed by atoms with van der Waals surface area (Å²) in [7, 11) is 0. The predicted molar refractivity (Wildman–Crippen MR) is 51.8 cm³/mol. The Bertz CT molecular complexity index is 131. The number of hydrogen-bond acceptors (Lipinski definition) is 2. The van der Waals surface area contributed by atoms with Gasteiger partial charge >= 0.3 is 0 Å². The summed E-state index contributed by atoms with van der Waals surface area (Å²) in [5.74, 6) is 5.30. The van der Waals surface area contributed by atoms with Crippen LogP contribution in [-0.2, 0) is 0 Å². The summed E-state index contributed by atoms with van der Waals surface area (Å²) in [6, 6.07) is 0. The van der Waals surface area contributed by atoms with Crippen LogP contribution < -0.4 is 0 Å². The maximum Gasteiger partial charge on any atom is 0.0214 e. The van der Waals surface area contributed by atoms with E-state index in [4.69, 9.17) is 6.42 Å². The van der Waals surface area contributed by atoms with E-state index in [9.17, 15) is 0 Å². The zero-order valence-corrected chi connectivity index (χ0v) is 7.70. The van der Waals surface area contributed by atoms with Crippen molar-refractivity contribution >= 4 is 11.8 Å². The molecule has 1 heterocycles. The average Bonchev–Trinajstić information content (AvgIpc) is 2.28. The van der Waals surface area contributed by atoms with Crippen molar-refractivity contribution in [1.29, 1.82) is 0 Å². The molecule has 2 heteroatoms. The molecule has 1 aliphatic rings.